The van der Waals surface area contributed by atoms with E-state index in [0.29, 0.717) is 0 Å². The quantitative estimate of drug-likeness (QED) is 0.689. The van der Waals surface area contributed by atoms with E-state index in [4.69, 9.17) is 5.73 Å². The molecule has 0 saturated carbocycles. The van der Waals surface area contributed by atoms with Gasteiger partial charge in [0.05, 0.1) is 0 Å². The summed E-state index contributed by atoms with van der Waals surface area (Å²) in [5, 5.41) is 0. The van der Waals surface area contributed by atoms with Gasteiger partial charge in [-0.2, -0.15) is 0 Å². The number of benzene rings is 1. The molecule has 0 bridgehead atoms. The molecule has 1 aliphatic heterocycles. The van der Waals surface area contributed by atoms with Crippen LogP contribution in [0.1, 0.15) is 19.8 Å². The van der Waals surface area contributed by atoms with Gasteiger partial charge < -0.3 is 10.6 Å². The summed E-state index contributed by atoms with van der Waals surface area (Å²) in [5.74, 6) is 0.821. The Morgan fingerprint density at radius 2 is 2.00 bits per heavy atom. The van der Waals surface area contributed by atoms with Crippen LogP contribution < -0.4 is 10.6 Å². The lowest BCUT2D eigenvalue weighted by atomic mass is 10.00. The van der Waals surface area contributed by atoms with Gasteiger partial charge in [-0.05, 0) is 43.0 Å². The molecule has 1 aliphatic rings. The molecule has 1 unspecified atom stereocenters. The van der Waals surface area contributed by atoms with Crippen LogP contribution in [0, 0.1) is 5.92 Å². The van der Waals surface area contributed by atoms with Gasteiger partial charge in [-0.15, -0.1) is 0 Å². The maximum absolute atomic E-state index is 5.66. The lowest BCUT2D eigenvalue weighted by molar-refractivity contribution is 0.447. The highest BCUT2D eigenvalue weighted by Crippen LogP contribution is 2.23. The third-order valence-corrected chi connectivity index (χ3v) is 2.92. The van der Waals surface area contributed by atoms with Gasteiger partial charge in [-0.1, -0.05) is 6.92 Å². The van der Waals surface area contributed by atoms with Gasteiger partial charge in [0.2, 0.25) is 0 Å². The lowest BCUT2D eigenvalue weighted by Gasteiger charge is -2.32. The van der Waals surface area contributed by atoms with E-state index in [0.717, 1.165) is 11.6 Å². The van der Waals surface area contributed by atoms with Crippen molar-refractivity contribution in [1.29, 1.82) is 0 Å². The summed E-state index contributed by atoms with van der Waals surface area (Å²) in [4.78, 5) is 2.45. The fourth-order valence-corrected chi connectivity index (χ4v) is 2.11. The number of piperidine rings is 1. The summed E-state index contributed by atoms with van der Waals surface area (Å²) >= 11 is 0. The van der Waals surface area contributed by atoms with Gasteiger partial charge >= 0.3 is 0 Å². The lowest BCUT2D eigenvalue weighted by Crippen LogP contribution is -2.34. The SMILES string of the molecule is CC1CCCN(c2ccc(N)cc2)C1. The molecule has 1 fully saturated rings. The zero-order chi connectivity index (χ0) is 9.97. The number of hydrogen-bond donors (Lipinski definition) is 1. The van der Waals surface area contributed by atoms with Crippen molar-refractivity contribution in [3.8, 4) is 0 Å². The molecule has 1 heterocycles. The maximum Gasteiger partial charge on any atom is 0.0367 e. The zero-order valence-corrected chi connectivity index (χ0v) is 8.74. The van der Waals surface area contributed by atoms with Crippen LogP contribution in [0.15, 0.2) is 24.3 Å². The first-order valence-electron chi connectivity index (χ1n) is 5.36. The number of nitrogens with two attached hydrogens (primary N) is 1. The van der Waals surface area contributed by atoms with E-state index in [1.807, 2.05) is 12.1 Å². The van der Waals surface area contributed by atoms with E-state index in [2.05, 4.69) is 24.0 Å². The van der Waals surface area contributed by atoms with Crippen molar-refractivity contribution in [2.24, 2.45) is 5.92 Å². The third kappa shape index (κ3) is 2.00. The van der Waals surface area contributed by atoms with Crippen LogP contribution in [0.3, 0.4) is 0 Å². The van der Waals surface area contributed by atoms with Crippen LogP contribution in [0.2, 0.25) is 0 Å². The molecule has 1 aromatic rings. The molecule has 14 heavy (non-hydrogen) atoms. The van der Waals surface area contributed by atoms with Crippen molar-refractivity contribution in [3.63, 3.8) is 0 Å². The number of nitrogens with zero attached hydrogens (tertiary/aromatic N) is 1. The minimum absolute atomic E-state index is 0.821. The first kappa shape index (κ1) is 9.38. The average molecular weight is 190 g/mol. The Morgan fingerprint density at radius 3 is 2.64 bits per heavy atom. The van der Waals surface area contributed by atoms with Gasteiger partial charge in [0.1, 0.15) is 0 Å². The Kier molecular flexibility index (Phi) is 2.62. The molecule has 76 valence electrons. The molecule has 2 heteroatoms. The molecule has 0 radical (unpaired) electrons. The molecular formula is C12H18N2. The first-order chi connectivity index (χ1) is 6.75. The number of nitrogen functional groups attached to an aromatic ring is 1. The van der Waals surface area contributed by atoms with Crippen LogP contribution in [0.4, 0.5) is 11.4 Å². The van der Waals surface area contributed by atoms with E-state index in [1.54, 1.807) is 0 Å². The molecule has 1 atom stereocenters. The van der Waals surface area contributed by atoms with Gasteiger partial charge in [-0.25, -0.2) is 0 Å². The average Bonchev–Trinajstić information content (AvgIpc) is 2.19. The Hall–Kier alpha value is -1.18. The molecule has 0 amide bonds. The second kappa shape index (κ2) is 3.91. The van der Waals surface area contributed by atoms with Crippen molar-refractivity contribution in [3.05, 3.63) is 24.3 Å². The molecule has 2 N–H and O–H groups in total. The smallest absolute Gasteiger partial charge is 0.0367 e. The largest absolute Gasteiger partial charge is 0.399 e. The highest BCUT2D eigenvalue weighted by Gasteiger charge is 2.15. The van der Waals surface area contributed by atoms with Gasteiger partial charge in [0.25, 0.3) is 0 Å². The highest BCUT2D eigenvalue weighted by molar-refractivity contribution is 5.53. The van der Waals surface area contributed by atoms with Crippen molar-refractivity contribution < 1.29 is 0 Å². The van der Waals surface area contributed by atoms with E-state index in [9.17, 15) is 0 Å². The summed E-state index contributed by atoms with van der Waals surface area (Å²) in [7, 11) is 0. The van der Waals surface area contributed by atoms with Crippen molar-refractivity contribution in [1.82, 2.24) is 0 Å². The third-order valence-electron chi connectivity index (χ3n) is 2.92. The normalized spacial score (nSPS) is 22.4. The number of anilines is 2. The molecule has 2 nitrogen and oxygen atoms in total. The summed E-state index contributed by atoms with van der Waals surface area (Å²) in [5.41, 5.74) is 7.82. The monoisotopic (exact) mass is 190 g/mol. The van der Waals surface area contributed by atoms with Crippen LogP contribution in [-0.4, -0.2) is 13.1 Å². The summed E-state index contributed by atoms with van der Waals surface area (Å²) in [6, 6.07) is 8.20. The molecule has 0 aromatic heterocycles. The second-order valence-corrected chi connectivity index (χ2v) is 4.28. The standard InChI is InChI=1S/C12H18N2/c1-10-3-2-8-14(9-10)12-6-4-11(13)5-7-12/h4-7,10H,2-3,8-9,13H2,1H3. The van der Waals surface area contributed by atoms with Crippen molar-refractivity contribution >= 4 is 11.4 Å². The van der Waals surface area contributed by atoms with Crippen LogP contribution >= 0.6 is 0 Å². The van der Waals surface area contributed by atoms with Crippen LogP contribution in [0.5, 0.6) is 0 Å². The van der Waals surface area contributed by atoms with E-state index >= 15 is 0 Å². The van der Waals surface area contributed by atoms with E-state index in [1.165, 1.54) is 31.6 Å². The Bertz CT molecular complexity index is 292. The fourth-order valence-electron chi connectivity index (χ4n) is 2.11. The van der Waals surface area contributed by atoms with Crippen LogP contribution in [-0.2, 0) is 0 Å². The molecule has 1 saturated heterocycles. The minimum atomic E-state index is 0.821. The zero-order valence-electron chi connectivity index (χ0n) is 8.74. The molecule has 1 aromatic carbocycles. The number of rotatable bonds is 1. The molecule has 0 aliphatic carbocycles. The molecule has 0 spiro atoms. The summed E-state index contributed by atoms with van der Waals surface area (Å²) < 4.78 is 0. The van der Waals surface area contributed by atoms with Gasteiger partial charge in [0.15, 0.2) is 0 Å². The van der Waals surface area contributed by atoms with E-state index < -0.39 is 0 Å². The molecule has 2 rings (SSSR count). The highest BCUT2D eigenvalue weighted by atomic mass is 15.1. The van der Waals surface area contributed by atoms with Gasteiger partial charge in [0, 0.05) is 24.5 Å². The van der Waals surface area contributed by atoms with Gasteiger partial charge in [-0.3, -0.25) is 0 Å². The first-order valence-corrected chi connectivity index (χ1v) is 5.36. The second-order valence-electron chi connectivity index (χ2n) is 4.28. The minimum Gasteiger partial charge on any atom is -0.399 e. The Labute approximate surface area is 85.7 Å². The van der Waals surface area contributed by atoms with Crippen molar-refractivity contribution in [2.75, 3.05) is 23.7 Å². The maximum atomic E-state index is 5.66. The number of hydrogen-bond acceptors (Lipinski definition) is 2. The van der Waals surface area contributed by atoms with E-state index in [-0.39, 0.29) is 0 Å². The van der Waals surface area contributed by atoms with Crippen LogP contribution in [0.25, 0.3) is 0 Å². The summed E-state index contributed by atoms with van der Waals surface area (Å²) in [6.07, 6.45) is 2.68. The fraction of sp³-hybridized carbons (Fsp3) is 0.500. The summed E-state index contributed by atoms with van der Waals surface area (Å²) in [6.45, 7) is 4.70. The topological polar surface area (TPSA) is 29.3 Å². The predicted octanol–water partition coefficient (Wildman–Crippen LogP) is 2.51. The Balaban J connectivity index is 2.10. The molecular weight excluding hydrogens is 172 g/mol. The Morgan fingerprint density at radius 1 is 1.29 bits per heavy atom. The van der Waals surface area contributed by atoms with Crippen molar-refractivity contribution in [2.45, 2.75) is 19.8 Å². The predicted molar refractivity (Wildman–Crippen MR) is 61.5 cm³/mol.